The Morgan fingerprint density at radius 2 is 2.08 bits per heavy atom. The summed E-state index contributed by atoms with van der Waals surface area (Å²) in [4.78, 5) is 2.71. The average Bonchev–Trinajstić information content (AvgIpc) is 2.17. The van der Waals surface area contributed by atoms with E-state index in [0.29, 0.717) is 5.69 Å². The molecule has 0 aromatic heterocycles. The summed E-state index contributed by atoms with van der Waals surface area (Å²) in [6, 6.07) is 7.60. The SMILES string of the molecule is CNCCc1ccc(N=[N+]=[N-])cc1. The van der Waals surface area contributed by atoms with Crippen molar-refractivity contribution < 1.29 is 0 Å². The first kappa shape index (κ1) is 9.58. The summed E-state index contributed by atoms with van der Waals surface area (Å²) in [5.41, 5.74) is 10.1. The fraction of sp³-hybridized carbons (Fsp3) is 0.333. The van der Waals surface area contributed by atoms with E-state index < -0.39 is 0 Å². The maximum Gasteiger partial charge on any atom is 0.0375 e. The standard InChI is InChI=1S/C9H12N4/c1-11-7-6-8-2-4-9(5-3-8)12-13-10/h2-5,11H,6-7H2,1H3. The lowest BCUT2D eigenvalue weighted by molar-refractivity contribution is 0.792. The van der Waals surface area contributed by atoms with Gasteiger partial charge in [-0.1, -0.05) is 29.4 Å². The van der Waals surface area contributed by atoms with Crippen molar-refractivity contribution in [3.63, 3.8) is 0 Å². The van der Waals surface area contributed by atoms with Crippen LogP contribution < -0.4 is 5.32 Å². The van der Waals surface area contributed by atoms with Gasteiger partial charge in [0.25, 0.3) is 0 Å². The van der Waals surface area contributed by atoms with Gasteiger partial charge in [-0.2, -0.15) is 0 Å². The third kappa shape index (κ3) is 3.15. The van der Waals surface area contributed by atoms with Crippen LogP contribution in [0.15, 0.2) is 29.4 Å². The summed E-state index contributed by atoms with van der Waals surface area (Å²) >= 11 is 0. The Balaban J connectivity index is 2.63. The summed E-state index contributed by atoms with van der Waals surface area (Å²) < 4.78 is 0. The first-order chi connectivity index (χ1) is 6.36. The molecular formula is C9H12N4. The van der Waals surface area contributed by atoms with Gasteiger partial charge in [-0.3, -0.25) is 0 Å². The monoisotopic (exact) mass is 176 g/mol. The van der Waals surface area contributed by atoms with Crippen molar-refractivity contribution in [3.8, 4) is 0 Å². The van der Waals surface area contributed by atoms with Gasteiger partial charge in [0.15, 0.2) is 0 Å². The Morgan fingerprint density at radius 1 is 1.38 bits per heavy atom. The normalized spacial score (nSPS) is 9.31. The molecule has 1 aromatic carbocycles. The molecule has 4 heteroatoms. The quantitative estimate of drug-likeness (QED) is 0.427. The molecule has 0 heterocycles. The van der Waals surface area contributed by atoms with Crippen LogP contribution in [-0.2, 0) is 6.42 Å². The van der Waals surface area contributed by atoms with Crippen LogP contribution in [0.4, 0.5) is 5.69 Å². The van der Waals surface area contributed by atoms with Gasteiger partial charge in [0, 0.05) is 10.6 Å². The Bertz CT molecular complexity index is 298. The average molecular weight is 176 g/mol. The van der Waals surface area contributed by atoms with Gasteiger partial charge >= 0.3 is 0 Å². The van der Waals surface area contributed by atoms with Gasteiger partial charge in [0.2, 0.25) is 0 Å². The molecule has 13 heavy (non-hydrogen) atoms. The summed E-state index contributed by atoms with van der Waals surface area (Å²) in [5.74, 6) is 0. The van der Waals surface area contributed by atoms with Crippen molar-refractivity contribution in [2.24, 2.45) is 5.11 Å². The van der Waals surface area contributed by atoms with E-state index in [1.165, 1.54) is 5.56 Å². The van der Waals surface area contributed by atoms with Crippen LogP contribution in [0.25, 0.3) is 10.4 Å². The molecule has 0 spiro atoms. The van der Waals surface area contributed by atoms with E-state index >= 15 is 0 Å². The molecule has 0 radical (unpaired) electrons. The number of likely N-dealkylation sites (N-methyl/N-ethyl adjacent to an activating group) is 1. The smallest absolute Gasteiger partial charge is 0.0375 e. The number of hydrogen-bond acceptors (Lipinski definition) is 2. The fourth-order valence-corrected chi connectivity index (χ4v) is 1.05. The van der Waals surface area contributed by atoms with Crippen LogP contribution in [-0.4, -0.2) is 13.6 Å². The van der Waals surface area contributed by atoms with E-state index in [0.717, 1.165) is 13.0 Å². The molecule has 1 rings (SSSR count). The van der Waals surface area contributed by atoms with Crippen molar-refractivity contribution >= 4 is 5.69 Å². The van der Waals surface area contributed by atoms with Gasteiger partial charge in [-0.15, -0.1) is 0 Å². The van der Waals surface area contributed by atoms with Gasteiger partial charge in [0.05, 0.1) is 0 Å². The van der Waals surface area contributed by atoms with Crippen LogP contribution >= 0.6 is 0 Å². The van der Waals surface area contributed by atoms with Crippen LogP contribution in [0.2, 0.25) is 0 Å². The van der Waals surface area contributed by atoms with Gasteiger partial charge in [-0.05, 0) is 31.1 Å². The maximum absolute atomic E-state index is 8.18. The zero-order chi connectivity index (χ0) is 9.52. The second kappa shape index (κ2) is 5.19. The third-order valence-electron chi connectivity index (χ3n) is 1.76. The highest BCUT2D eigenvalue weighted by Gasteiger charge is 1.91. The summed E-state index contributed by atoms with van der Waals surface area (Å²) in [5, 5.41) is 6.57. The number of azide groups is 1. The molecule has 0 fully saturated rings. The number of nitrogens with one attached hydrogen (secondary N) is 1. The lowest BCUT2D eigenvalue weighted by Crippen LogP contribution is -2.09. The number of rotatable bonds is 4. The molecular weight excluding hydrogens is 164 g/mol. The third-order valence-corrected chi connectivity index (χ3v) is 1.76. The molecule has 0 aliphatic heterocycles. The van der Waals surface area contributed by atoms with Crippen LogP contribution in [0.1, 0.15) is 5.56 Å². The molecule has 0 unspecified atom stereocenters. The van der Waals surface area contributed by atoms with Crippen molar-refractivity contribution in [1.82, 2.24) is 5.32 Å². The van der Waals surface area contributed by atoms with Crippen molar-refractivity contribution in [3.05, 3.63) is 40.3 Å². The van der Waals surface area contributed by atoms with Gasteiger partial charge in [-0.25, -0.2) is 0 Å². The number of benzene rings is 1. The largest absolute Gasteiger partial charge is 0.319 e. The van der Waals surface area contributed by atoms with Crippen LogP contribution in [0.3, 0.4) is 0 Å². The molecule has 0 saturated carbocycles. The van der Waals surface area contributed by atoms with Crippen molar-refractivity contribution in [1.29, 1.82) is 0 Å². The van der Waals surface area contributed by atoms with Crippen LogP contribution in [0.5, 0.6) is 0 Å². The minimum Gasteiger partial charge on any atom is -0.319 e. The molecule has 0 saturated heterocycles. The molecule has 0 aliphatic carbocycles. The highest BCUT2D eigenvalue weighted by molar-refractivity contribution is 5.38. The lowest BCUT2D eigenvalue weighted by Gasteiger charge is -1.99. The zero-order valence-electron chi connectivity index (χ0n) is 7.57. The molecule has 0 aliphatic rings. The van der Waals surface area contributed by atoms with Crippen molar-refractivity contribution in [2.75, 3.05) is 13.6 Å². The Labute approximate surface area is 77.2 Å². The first-order valence-corrected chi connectivity index (χ1v) is 4.15. The molecule has 1 N–H and O–H groups in total. The van der Waals surface area contributed by atoms with E-state index in [-0.39, 0.29) is 0 Å². The fourth-order valence-electron chi connectivity index (χ4n) is 1.05. The van der Waals surface area contributed by atoms with Crippen LogP contribution in [0, 0.1) is 0 Å². The van der Waals surface area contributed by atoms with Gasteiger partial charge < -0.3 is 5.32 Å². The van der Waals surface area contributed by atoms with E-state index in [9.17, 15) is 0 Å². The molecule has 0 amide bonds. The second-order valence-electron chi connectivity index (χ2n) is 2.71. The minimum absolute atomic E-state index is 0.663. The summed E-state index contributed by atoms with van der Waals surface area (Å²) in [6.45, 7) is 0.959. The van der Waals surface area contributed by atoms with Crippen molar-refractivity contribution in [2.45, 2.75) is 6.42 Å². The highest BCUT2D eigenvalue weighted by Crippen LogP contribution is 2.12. The Hall–Kier alpha value is -1.51. The predicted molar refractivity (Wildman–Crippen MR) is 52.9 cm³/mol. The highest BCUT2D eigenvalue weighted by atomic mass is 15.1. The van der Waals surface area contributed by atoms with E-state index in [2.05, 4.69) is 15.3 Å². The maximum atomic E-state index is 8.18. The lowest BCUT2D eigenvalue weighted by atomic mass is 10.1. The van der Waals surface area contributed by atoms with E-state index in [1.807, 2.05) is 31.3 Å². The number of nitrogens with zero attached hydrogens (tertiary/aromatic N) is 3. The topological polar surface area (TPSA) is 60.8 Å². The van der Waals surface area contributed by atoms with E-state index in [4.69, 9.17) is 5.53 Å². The van der Waals surface area contributed by atoms with E-state index in [1.54, 1.807) is 0 Å². The Morgan fingerprint density at radius 3 is 2.62 bits per heavy atom. The minimum atomic E-state index is 0.663. The summed E-state index contributed by atoms with van der Waals surface area (Å²) in [7, 11) is 1.92. The second-order valence-corrected chi connectivity index (χ2v) is 2.71. The summed E-state index contributed by atoms with van der Waals surface area (Å²) in [6.07, 6.45) is 0.993. The predicted octanol–water partition coefficient (Wildman–Crippen LogP) is 2.39. The van der Waals surface area contributed by atoms with Gasteiger partial charge in [0.1, 0.15) is 0 Å². The Kier molecular flexibility index (Phi) is 3.82. The molecule has 4 nitrogen and oxygen atoms in total. The number of hydrogen-bond donors (Lipinski definition) is 1. The first-order valence-electron chi connectivity index (χ1n) is 4.15. The molecule has 68 valence electrons. The molecule has 0 bridgehead atoms. The molecule has 0 atom stereocenters. The zero-order valence-corrected chi connectivity index (χ0v) is 7.57. The molecule has 1 aromatic rings.